The zero-order chi connectivity index (χ0) is 43.0. The van der Waals surface area contributed by atoms with Gasteiger partial charge in [0, 0.05) is 17.1 Å². The van der Waals surface area contributed by atoms with Crippen LogP contribution in [0.5, 0.6) is 0 Å². The first-order chi connectivity index (χ1) is 26.8. The third kappa shape index (κ3) is 12.5. The van der Waals surface area contributed by atoms with Crippen LogP contribution in [0.25, 0.3) is 0 Å². The number of rotatable bonds is 7. The maximum absolute atomic E-state index is 14.2. The van der Waals surface area contributed by atoms with Gasteiger partial charge in [-0.05, 0) is 131 Å². The molecule has 0 saturated heterocycles. The van der Waals surface area contributed by atoms with Gasteiger partial charge in [0.2, 0.25) is 0 Å². The summed E-state index contributed by atoms with van der Waals surface area (Å²) in [6.45, 7) is 9.62. The van der Waals surface area contributed by atoms with Gasteiger partial charge in [-0.15, -0.1) is 0 Å². The van der Waals surface area contributed by atoms with E-state index in [0.717, 1.165) is 32.9 Å². The van der Waals surface area contributed by atoms with E-state index < -0.39 is 85.0 Å². The smallest absolute Gasteiger partial charge is 0.166 e. The average molecular weight is 921 g/mol. The van der Waals surface area contributed by atoms with Crippen molar-refractivity contribution in [1.82, 2.24) is 0 Å². The minimum atomic E-state index is -5.29. The van der Waals surface area contributed by atoms with Gasteiger partial charge >= 0.3 is 24.7 Å². The normalized spacial score (nSPS) is 18.2. The van der Waals surface area contributed by atoms with Crippen LogP contribution in [0.3, 0.4) is 0 Å². The Labute approximate surface area is 350 Å². The van der Waals surface area contributed by atoms with Crippen molar-refractivity contribution in [3.05, 3.63) is 117 Å². The third-order valence-corrected chi connectivity index (χ3v) is 16.6. The summed E-state index contributed by atoms with van der Waals surface area (Å²) in [5.74, 6) is -0.485. The summed E-state index contributed by atoms with van der Waals surface area (Å²) in [4.78, 5) is 0. The number of benzene rings is 4. The van der Waals surface area contributed by atoms with Gasteiger partial charge in [-0.3, -0.25) is 0 Å². The Kier molecular flexibility index (Phi) is 16.0. The van der Waals surface area contributed by atoms with Crippen molar-refractivity contribution in [1.29, 1.82) is 0 Å². The van der Waals surface area contributed by atoms with Gasteiger partial charge in [0.25, 0.3) is 0 Å². The average Bonchev–Trinajstić information content (AvgIpc) is 3.83. The molecule has 2 unspecified atom stereocenters. The molecule has 6 rings (SSSR count). The Morgan fingerprint density at radius 1 is 0.424 bits per heavy atom. The second kappa shape index (κ2) is 19.2. The summed E-state index contributed by atoms with van der Waals surface area (Å²) >= 11 is 0. The van der Waals surface area contributed by atoms with Crippen LogP contribution in [-0.4, -0.2) is 11.3 Å². The van der Waals surface area contributed by atoms with E-state index in [1.165, 1.54) is 32.1 Å². The molecule has 2 fully saturated rings. The van der Waals surface area contributed by atoms with Gasteiger partial charge in [-0.25, -0.2) is 0 Å². The standard InChI is InChI=1S/C39H36F12P2.C5H10.Fe/c1-21-9-22(2)12-30(11-21)52(31-13-23(3)10-24(4)14-31)25(5)34-7-6-8-35(34)53(32-17-26(36(40,41)42)15-27(18-32)37(43,44)45)33-19-28(38(46,47)48)16-29(20-33)39(49,50)51;1-2-4-5-3-1;/h9-20,25,34-35H,6-8H2,1-5H3;1-5H2;/t25-,34?,35?;;/m1../s1. The molecule has 4 aromatic rings. The minimum absolute atomic E-state index is 0. The molecule has 0 spiro atoms. The van der Waals surface area contributed by atoms with Gasteiger partial charge in [-0.1, -0.05) is 104 Å². The van der Waals surface area contributed by atoms with Crippen molar-refractivity contribution in [3.63, 3.8) is 0 Å². The van der Waals surface area contributed by atoms with Crippen molar-refractivity contribution in [2.45, 2.75) is 122 Å². The summed E-state index contributed by atoms with van der Waals surface area (Å²) in [6, 6.07) is 13.7. The second-order valence-corrected chi connectivity index (χ2v) is 20.7. The zero-order valence-corrected chi connectivity index (χ0v) is 36.0. The van der Waals surface area contributed by atoms with Gasteiger partial charge in [0.05, 0.1) is 22.3 Å². The number of aryl methyl sites for hydroxylation is 4. The number of hydrogen-bond donors (Lipinski definition) is 0. The molecular formula is C44H46F12FeP2. The van der Waals surface area contributed by atoms with Crippen molar-refractivity contribution in [3.8, 4) is 0 Å². The molecule has 2 aliphatic rings. The van der Waals surface area contributed by atoms with Crippen molar-refractivity contribution < 1.29 is 69.8 Å². The van der Waals surface area contributed by atoms with E-state index in [4.69, 9.17) is 0 Å². The Morgan fingerprint density at radius 2 is 0.729 bits per heavy atom. The van der Waals surface area contributed by atoms with Gasteiger partial charge in [0.1, 0.15) is 0 Å². The van der Waals surface area contributed by atoms with Crippen LogP contribution in [0, 0.1) is 33.6 Å². The molecule has 0 bridgehead atoms. The fraction of sp³-hybridized carbons (Fsp3) is 0.455. The van der Waals surface area contributed by atoms with Crippen LogP contribution in [-0.2, 0) is 41.8 Å². The van der Waals surface area contributed by atoms with Crippen LogP contribution < -0.4 is 21.2 Å². The number of hydrogen-bond acceptors (Lipinski definition) is 0. The molecule has 0 heterocycles. The van der Waals surface area contributed by atoms with Crippen LogP contribution >= 0.6 is 15.8 Å². The van der Waals surface area contributed by atoms with E-state index in [9.17, 15) is 52.7 Å². The molecule has 3 atom stereocenters. The van der Waals surface area contributed by atoms with Gasteiger partial charge < -0.3 is 0 Å². The molecule has 15 heteroatoms. The zero-order valence-electron chi connectivity index (χ0n) is 33.1. The summed E-state index contributed by atoms with van der Waals surface area (Å²) in [5, 5.41) is 0.755. The molecule has 0 amide bonds. The van der Waals surface area contributed by atoms with Crippen LogP contribution in [0.4, 0.5) is 52.7 Å². The predicted octanol–water partition coefficient (Wildman–Crippen LogP) is 14.1. The molecule has 0 aromatic heterocycles. The molecule has 4 aromatic carbocycles. The summed E-state index contributed by atoms with van der Waals surface area (Å²) in [6.07, 6.45) is -12.6. The predicted molar refractivity (Wildman–Crippen MR) is 211 cm³/mol. The Bertz CT molecular complexity index is 1810. The molecule has 0 nitrogen and oxygen atoms in total. The van der Waals surface area contributed by atoms with E-state index >= 15 is 0 Å². The van der Waals surface area contributed by atoms with Crippen molar-refractivity contribution >= 4 is 37.1 Å². The van der Waals surface area contributed by atoms with Crippen molar-refractivity contribution in [2.75, 3.05) is 0 Å². The largest absolute Gasteiger partial charge is 0.416 e. The quantitative estimate of drug-likeness (QED) is 0.0984. The fourth-order valence-electron chi connectivity index (χ4n) is 8.41. The first-order valence-corrected chi connectivity index (χ1v) is 22.0. The van der Waals surface area contributed by atoms with E-state index in [-0.39, 0.29) is 41.3 Å². The molecule has 0 radical (unpaired) electrons. The monoisotopic (exact) mass is 920 g/mol. The minimum Gasteiger partial charge on any atom is -0.166 e. The summed E-state index contributed by atoms with van der Waals surface area (Å²) < 4.78 is 170. The second-order valence-electron chi connectivity index (χ2n) is 15.6. The maximum Gasteiger partial charge on any atom is 0.416 e. The molecule has 0 aliphatic heterocycles. The molecule has 0 N–H and O–H groups in total. The van der Waals surface area contributed by atoms with Gasteiger partial charge in [-0.2, -0.15) is 52.7 Å². The molecule has 2 saturated carbocycles. The molecule has 2 aliphatic carbocycles. The molecular weight excluding hydrogens is 874 g/mol. The molecule has 324 valence electrons. The van der Waals surface area contributed by atoms with Gasteiger partial charge in [0.15, 0.2) is 0 Å². The van der Waals surface area contributed by atoms with Crippen molar-refractivity contribution in [2.24, 2.45) is 5.92 Å². The number of alkyl halides is 12. The molecule has 59 heavy (non-hydrogen) atoms. The van der Waals surface area contributed by atoms with Crippen LogP contribution in [0.1, 0.15) is 103 Å². The van der Waals surface area contributed by atoms with E-state index in [1.54, 1.807) is 0 Å². The first-order valence-electron chi connectivity index (χ1n) is 19.2. The fourth-order valence-corrected chi connectivity index (χ4v) is 15.3. The van der Waals surface area contributed by atoms with Crippen LogP contribution in [0.15, 0.2) is 72.8 Å². The summed E-state index contributed by atoms with van der Waals surface area (Å²) in [7, 11) is -3.94. The van der Waals surface area contributed by atoms with E-state index in [0.29, 0.717) is 37.1 Å². The maximum atomic E-state index is 14.2. The van der Waals surface area contributed by atoms with E-state index in [2.05, 4.69) is 0 Å². The Balaban J connectivity index is 0.00000119. The SMILES string of the molecule is C1CCCC1.Cc1cc(C)cc(P(c2cc(C)cc(C)c2)[C@H](C)C2CCCC2P(c2cc(C(F)(F)F)cc(C(F)(F)F)c2)c2cc(C(F)(F)F)cc(C(F)(F)F)c2)c1.[Fe]. The van der Waals surface area contributed by atoms with Crippen LogP contribution in [0.2, 0.25) is 0 Å². The third-order valence-electron chi connectivity index (χ3n) is 10.8. The topological polar surface area (TPSA) is 0 Å². The van der Waals surface area contributed by atoms with E-state index in [1.807, 2.05) is 71.0 Å². The number of halogens is 12. The first kappa shape index (κ1) is 49.1. The summed E-state index contributed by atoms with van der Waals surface area (Å²) in [5.41, 5.74) is -4.09. The Hall–Kier alpha value is -2.58. The Morgan fingerprint density at radius 3 is 1.02 bits per heavy atom.